The van der Waals surface area contributed by atoms with Crippen molar-refractivity contribution in [2.75, 3.05) is 13.7 Å². The number of pyridine rings is 1. The topological polar surface area (TPSA) is 118 Å². The molecule has 0 radical (unpaired) electrons. The van der Waals surface area contributed by atoms with E-state index in [1.54, 1.807) is 0 Å². The molecule has 1 saturated carbocycles. The molecule has 2 aliphatic rings. The normalized spacial score (nSPS) is 18.4. The molecule has 0 bridgehead atoms. The molecule has 2 amide bonds. The van der Waals surface area contributed by atoms with Crippen LogP contribution >= 0.6 is 0 Å². The number of allylic oxidation sites excluding steroid dienone is 2. The summed E-state index contributed by atoms with van der Waals surface area (Å²) < 4.78 is 4.44. The summed E-state index contributed by atoms with van der Waals surface area (Å²) in [4.78, 5) is 39.0. The van der Waals surface area contributed by atoms with Crippen molar-refractivity contribution in [3.63, 3.8) is 0 Å². The third-order valence-electron chi connectivity index (χ3n) is 4.43. The Balaban J connectivity index is 1.65. The summed E-state index contributed by atoms with van der Waals surface area (Å²) in [6.45, 7) is -0.309. The van der Waals surface area contributed by atoms with E-state index in [0.29, 0.717) is 12.0 Å². The minimum absolute atomic E-state index is 0.0736. The highest BCUT2D eigenvalue weighted by Crippen LogP contribution is 2.30. The van der Waals surface area contributed by atoms with E-state index in [0.717, 1.165) is 18.4 Å². The quantitative estimate of drug-likeness (QED) is 0.640. The van der Waals surface area contributed by atoms with Crippen LogP contribution in [0.2, 0.25) is 0 Å². The molecular weight excluding hydrogens is 350 g/mol. The van der Waals surface area contributed by atoms with Crippen molar-refractivity contribution in [1.82, 2.24) is 15.6 Å². The Kier molecular flexibility index (Phi) is 5.54. The summed E-state index contributed by atoms with van der Waals surface area (Å²) >= 11 is 0. The predicted molar refractivity (Wildman–Crippen MR) is 96.6 cm³/mol. The number of hydrogen-bond acceptors (Lipinski definition) is 6. The van der Waals surface area contributed by atoms with E-state index in [1.807, 2.05) is 18.2 Å². The number of aromatic nitrogens is 1. The number of rotatable bonds is 6. The van der Waals surface area contributed by atoms with Crippen LogP contribution in [0.1, 0.15) is 35.3 Å². The van der Waals surface area contributed by atoms with E-state index in [4.69, 9.17) is 0 Å². The van der Waals surface area contributed by atoms with Crippen molar-refractivity contribution in [2.45, 2.75) is 25.3 Å². The average molecular weight is 371 g/mol. The maximum atomic E-state index is 12.0. The molecule has 27 heavy (non-hydrogen) atoms. The van der Waals surface area contributed by atoms with Gasteiger partial charge in [-0.25, -0.2) is 4.98 Å². The van der Waals surface area contributed by atoms with Gasteiger partial charge in [0.1, 0.15) is 12.3 Å². The van der Waals surface area contributed by atoms with Gasteiger partial charge in [0.2, 0.25) is 5.91 Å². The standard InChI is InChI=1S/C19H21N3O5/c1-27-16(24)10-21-19(26)17-15(23)8-13(9-20-17)12-3-2-4-14(7-12)22-18(25)11-5-6-11/h2-4,8-9,11,14,23H,5-7,10H2,1H3,(H,21,26)(H,22,25). The average Bonchev–Trinajstić information content (AvgIpc) is 3.51. The van der Waals surface area contributed by atoms with Gasteiger partial charge in [-0.1, -0.05) is 18.2 Å². The highest BCUT2D eigenvalue weighted by atomic mass is 16.5. The van der Waals surface area contributed by atoms with Gasteiger partial charge >= 0.3 is 5.97 Å². The van der Waals surface area contributed by atoms with Crippen molar-refractivity contribution in [3.8, 4) is 5.75 Å². The summed E-state index contributed by atoms with van der Waals surface area (Å²) in [5.74, 6) is -1.34. The molecule has 2 aliphatic carbocycles. The van der Waals surface area contributed by atoms with Gasteiger partial charge in [-0.05, 0) is 36.5 Å². The van der Waals surface area contributed by atoms with Crippen LogP contribution in [-0.2, 0) is 14.3 Å². The van der Waals surface area contributed by atoms with Crippen LogP contribution in [0.4, 0.5) is 0 Å². The Morgan fingerprint density at radius 2 is 2.11 bits per heavy atom. The molecule has 0 saturated heterocycles. The molecule has 3 rings (SSSR count). The van der Waals surface area contributed by atoms with Gasteiger partial charge in [0.05, 0.1) is 13.2 Å². The van der Waals surface area contributed by atoms with Crippen LogP contribution in [-0.4, -0.2) is 47.6 Å². The lowest BCUT2D eigenvalue weighted by atomic mass is 9.95. The summed E-state index contributed by atoms with van der Waals surface area (Å²) in [7, 11) is 1.21. The molecule has 0 spiro atoms. The van der Waals surface area contributed by atoms with Crippen LogP contribution in [0.25, 0.3) is 5.57 Å². The number of ether oxygens (including phenoxy) is 1. The summed E-state index contributed by atoms with van der Waals surface area (Å²) in [5, 5.41) is 15.5. The number of methoxy groups -OCH3 is 1. The Bertz CT molecular complexity index is 827. The van der Waals surface area contributed by atoms with Gasteiger partial charge in [-0.3, -0.25) is 14.4 Å². The van der Waals surface area contributed by atoms with E-state index in [1.165, 1.54) is 19.4 Å². The molecule has 0 aromatic carbocycles. The van der Waals surface area contributed by atoms with Gasteiger partial charge in [-0.15, -0.1) is 0 Å². The van der Waals surface area contributed by atoms with Gasteiger partial charge in [0.25, 0.3) is 5.91 Å². The lowest BCUT2D eigenvalue weighted by Gasteiger charge is -2.20. The smallest absolute Gasteiger partial charge is 0.325 e. The highest BCUT2D eigenvalue weighted by molar-refractivity contribution is 5.96. The molecule has 142 valence electrons. The molecule has 8 heteroatoms. The van der Waals surface area contributed by atoms with E-state index >= 15 is 0 Å². The summed E-state index contributed by atoms with van der Waals surface area (Å²) in [6, 6.07) is 1.34. The predicted octanol–water partition coefficient (Wildman–Crippen LogP) is 0.928. The number of aromatic hydroxyl groups is 1. The summed E-state index contributed by atoms with van der Waals surface area (Å²) in [5.41, 5.74) is 1.38. The SMILES string of the molecule is COC(=O)CNC(=O)c1ncc(C2=CC=CC(NC(=O)C3CC3)C2)cc1O. The summed E-state index contributed by atoms with van der Waals surface area (Å²) in [6.07, 6.45) is 9.61. The van der Waals surface area contributed by atoms with Crippen LogP contribution in [0.3, 0.4) is 0 Å². The Hall–Kier alpha value is -3.16. The van der Waals surface area contributed by atoms with Crippen LogP contribution in [0, 0.1) is 5.92 Å². The number of carbonyl (C=O) groups excluding carboxylic acids is 3. The third-order valence-corrected chi connectivity index (χ3v) is 4.43. The Morgan fingerprint density at radius 1 is 1.33 bits per heavy atom. The first kappa shape index (κ1) is 18.6. The number of hydrogen-bond donors (Lipinski definition) is 3. The number of amides is 2. The zero-order valence-electron chi connectivity index (χ0n) is 14.9. The fourth-order valence-corrected chi connectivity index (χ4v) is 2.75. The number of carbonyl (C=O) groups is 3. The van der Waals surface area contributed by atoms with Crippen molar-refractivity contribution in [3.05, 3.63) is 41.7 Å². The van der Waals surface area contributed by atoms with Gasteiger partial charge in [0, 0.05) is 12.1 Å². The second-order valence-corrected chi connectivity index (χ2v) is 6.52. The number of esters is 1. The Morgan fingerprint density at radius 3 is 2.78 bits per heavy atom. The fraction of sp³-hybridized carbons (Fsp3) is 0.368. The molecule has 1 fully saturated rings. The molecule has 1 unspecified atom stereocenters. The number of nitrogens with zero attached hydrogens (tertiary/aromatic N) is 1. The molecule has 1 heterocycles. The van der Waals surface area contributed by atoms with Crippen molar-refractivity contribution < 1.29 is 24.2 Å². The molecule has 1 aromatic rings. The van der Waals surface area contributed by atoms with E-state index < -0.39 is 11.9 Å². The first-order valence-corrected chi connectivity index (χ1v) is 8.70. The zero-order chi connectivity index (χ0) is 19.4. The fourth-order valence-electron chi connectivity index (χ4n) is 2.75. The van der Waals surface area contributed by atoms with Crippen molar-refractivity contribution >= 4 is 23.4 Å². The second-order valence-electron chi connectivity index (χ2n) is 6.52. The van der Waals surface area contributed by atoms with Crippen LogP contribution in [0.15, 0.2) is 30.5 Å². The van der Waals surface area contributed by atoms with Gasteiger partial charge in [-0.2, -0.15) is 0 Å². The van der Waals surface area contributed by atoms with E-state index in [2.05, 4.69) is 20.4 Å². The monoisotopic (exact) mass is 371 g/mol. The molecule has 1 aromatic heterocycles. The second kappa shape index (κ2) is 8.03. The third kappa shape index (κ3) is 4.72. The minimum Gasteiger partial charge on any atom is -0.505 e. The van der Waals surface area contributed by atoms with Gasteiger partial charge < -0.3 is 20.5 Å². The maximum absolute atomic E-state index is 12.0. The molecule has 3 N–H and O–H groups in total. The van der Waals surface area contributed by atoms with E-state index in [9.17, 15) is 19.5 Å². The first-order chi connectivity index (χ1) is 13.0. The number of nitrogens with one attached hydrogen (secondary N) is 2. The first-order valence-electron chi connectivity index (χ1n) is 8.70. The van der Waals surface area contributed by atoms with Crippen molar-refractivity contribution in [2.24, 2.45) is 5.92 Å². The lowest BCUT2D eigenvalue weighted by Crippen LogP contribution is -2.35. The zero-order valence-corrected chi connectivity index (χ0v) is 14.9. The van der Waals surface area contributed by atoms with Gasteiger partial charge in [0.15, 0.2) is 5.69 Å². The molecule has 1 atom stereocenters. The van der Waals surface area contributed by atoms with Crippen LogP contribution < -0.4 is 10.6 Å². The maximum Gasteiger partial charge on any atom is 0.325 e. The Labute approximate surface area is 156 Å². The highest BCUT2D eigenvalue weighted by Gasteiger charge is 2.31. The molecule has 8 nitrogen and oxygen atoms in total. The molecule has 0 aliphatic heterocycles. The van der Waals surface area contributed by atoms with Crippen LogP contribution in [0.5, 0.6) is 5.75 Å². The molecular formula is C19H21N3O5. The van der Waals surface area contributed by atoms with Crippen molar-refractivity contribution in [1.29, 1.82) is 0 Å². The lowest BCUT2D eigenvalue weighted by molar-refractivity contribution is -0.139. The van der Waals surface area contributed by atoms with E-state index in [-0.39, 0.29) is 35.9 Å². The minimum atomic E-state index is -0.670. The largest absolute Gasteiger partial charge is 0.505 e.